The molecule has 0 spiro atoms. The van der Waals surface area contributed by atoms with E-state index >= 15 is 0 Å². The van der Waals surface area contributed by atoms with Gasteiger partial charge >= 0.3 is 5.97 Å². The van der Waals surface area contributed by atoms with Crippen LogP contribution in [0, 0.1) is 0 Å². The number of rotatable bonds is 3. The van der Waals surface area contributed by atoms with E-state index in [4.69, 9.17) is 10.8 Å². The topological polar surface area (TPSA) is 76.2 Å². The van der Waals surface area contributed by atoms with Gasteiger partial charge in [0, 0.05) is 5.38 Å². The predicted octanol–water partition coefficient (Wildman–Crippen LogP) is 1.25. The summed E-state index contributed by atoms with van der Waals surface area (Å²) in [6.45, 7) is 1.94. The van der Waals surface area contributed by atoms with Crippen molar-refractivity contribution < 1.29 is 9.90 Å². The van der Waals surface area contributed by atoms with Crippen molar-refractivity contribution in [1.29, 1.82) is 0 Å². The second-order valence-corrected chi connectivity index (χ2v) is 3.28. The van der Waals surface area contributed by atoms with Gasteiger partial charge in [0.1, 0.15) is 5.01 Å². The molecule has 3 N–H and O–H groups in total. The summed E-state index contributed by atoms with van der Waals surface area (Å²) in [6, 6.07) is -0.136. The zero-order chi connectivity index (χ0) is 9.14. The Balaban J connectivity index is 2.84. The van der Waals surface area contributed by atoms with Crippen molar-refractivity contribution in [1.82, 2.24) is 4.98 Å². The fraction of sp³-hybridized carbons (Fsp3) is 0.429. The highest BCUT2D eigenvalue weighted by atomic mass is 32.1. The van der Waals surface area contributed by atoms with Gasteiger partial charge in [0.05, 0.1) is 6.04 Å². The molecular weight excluding hydrogens is 176 g/mol. The first-order valence-corrected chi connectivity index (χ1v) is 4.47. The molecule has 0 aliphatic heterocycles. The summed E-state index contributed by atoms with van der Waals surface area (Å²) in [7, 11) is 0. The number of hydrogen-bond donors (Lipinski definition) is 2. The minimum atomic E-state index is -0.999. The molecule has 4 nitrogen and oxygen atoms in total. The van der Waals surface area contributed by atoms with Crippen molar-refractivity contribution in [3.05, 3.63) is 16.1 Å². The zero-order valence-corrected chi connectivity index (χ0v) is 7.47. The molecule has 5 heteroatoms. The van der Waals surface area contributed by atoms with E-state index in [0.717, 1.165) is 6.42 Å². The summed E-state index contributed by atoms with van der Waals surface area (Å²) in [6.07, 6.45) is 0.770. The average molecular weight is 186 g/mol. The van der Waals surface area contributed by atoms with Crippen LogP contribution >= 0.6 is 11.3 Å². The van der Waals surface area contributed by atoms with Crippen LogP contribution in [-0.2, 0) is 0 Å². The molecule has 1 rings (SSSR count). The summed E-state index contributed by atoms with van der Waals surface area (Å²) in [4.78, 5) is 14.3. The Morgan fingerprint density at radius 3 is 3.00 bits per heavy atom. The van der Waals surface area contributed by atoms with Crippen molar-refractivity contribution in [2.24, 2.45) is 5.73 Å². The Morgan fingerprint density at radius 1 is 1.92 bits per heavy atom. The number of nitrogens with two attached hydrogens (primary N) is 1. The highest BCUT2D eigenvalue weighted by Crippen LogP contribution is 2.18. The summed E-state index contributed by atoms with van der Waals surface area (Å²) in [5.41, 5.74) is 5.75. The molecule has 0 aliphatic carbocycles. The lowest BCUT2D eigenvalue weighted by Crippen LogP contribution is -2.08. The molecule has 1 atom stereocenters. The largest absolute Gasteiger partial charge is 0.476 e. The molecule has 1 unspecified atom stereocenters. The second-order valence-electron chi connectivity index (χ2n) is 2.39. The first-order chi connectivity index (χ1) is 5.65. The Bertz CT molecular complexity index is 285. The molecule has 0 saturated heterocycles. The molecule has 0 saturated carbocycles. The molecule has 0 aliphatic rings. The van der Waals surface area contributed by atoms with Crippen LogP contribution in [0.5, 0.6) is 0 Å². The van der Waals surface area contributed by atoms with Crippen molar-refractivity contribution in [2.75, 3.05) is 0 Å². The van der Waals surface area contributed by atoms with E-state index in [2.05, 4.69) is 4.98 Å². The smallest absolute Gasteiger partial charge is 0.355 e. The van der Waals surface area contributed by atoms with Crippen molar-refractivity contribution >= 4 is 17.3 Å². The Hall–Kier alpha value is -0.940. The normalized spacial score (nSPS) is 12.8. The number of nitrogens with zero attached hydrogens (tertiary/aromatic N) is 1. The van der Waals surface area contributed by atoms with E-state index < -0.39 is 5.97 Å². The van der Waals surface area contributed by atoms with Gasteiger partial charge in [-0.3, -0.25) is 0 Å². The van der Waals surface area contributed by atoms with Gasteiger partial charge in [-0.2, -0.15) is 0 Å². The first kappa shape index (κ1) is 9.15. The van der Waals surface area contributed by atoms with Crippen LogP contribution in [0.2, 0.25) is 0 Å². The van der Waals surface area contributed by atoms with E-state index in [9.17, 15) is 4.79 Å². The maximum absolute atomic E-state index is 10.4. The first-order valence-electron chi connectivity index (χ1n) is 3.59. The number of hydrogen-bond acceptors (Lipinski definition) is 4. The SMILES string of the molecule is CCC(N)c1nc(C(=O)O)cs1. The summed E-state index contributed by atoms with van der Waals surface area (Å²) < 4.78 is 0. The maximum atomic E-state index is 10.4. The minimum Gasteiger partial charge on any atom is -0.476 e. The lowest BCUT2D eigenvalue weighted by molar-refractivity contribution is 0.0691. The standard InChI is InChI=1S/C7H10N2O2S/c1-2-4(8)6-9-5(3-12-6)7(10)11/h3-4H,2,8H2,1H3,(H,10,11). The van der Waals surface area contributed by atoms with E-state index in [0.29, 0.717) is 5.01 Å². The van der Waals surface area contributed by atoms with Crippen LogP contribution in [-0.4, -0.2) is 16.1 Å². The van der Waals surface area contributed by atoms with Crippen LogP contribution in [0.3, 0.4) is 0 Å². The van der Waals surface area contributed by atoms with Crippen LogP contribution in [0.4, 0.5) is 0 Å². The number of carboxylic acid groups (broad SMARTS) is 1. The van der Waals surface area contributed by atoms with Crippen LogP contribution in [0.1, 0.15) is 34.9 Å². The third kappa shape index (κ3) is 1.80. The monoisotopic (exact) mass is 186 g/mol. The highest BCUT2D eigenvalue weighted by molar-refractivity contribution is 7.09. The average Bonchev–Trinajstić information content (AvgIpc) is 2.51. The van der Waals surface area contributed by atoms with E-state index in [-0.39, 0.29) is 11.7 Å². The predicted molar refractivity (Wildman–Crippen MR) is 46.3 cm³/mol. The van der Waals surface area contributed by atoms with Gasteiger partial charge < -0.3 is 10.8 Å². The van der Waals surface area contributed by atoms with Crippen molar-refractivity contribution in [3.63, 3.8) is 0 Å². The number of aromatic carboxylic acids is 1. The molecule has 1 aromatic rings. The third-order valence-corrected chi connectivity index (χ3v) is 2.47. The molecule has 0 amide bonds. The number of aromatic nitrogens is 1. The van der Waals surface area contributed by atoms with Crippen molar-refractivity contribution in [3.8, 4) is 0 Å². The lowest BCUT2D eigenvalue weighted by atomic mass is 10.2. The van der Waals surface area contributed by atoms with Gasteiger partial charge in [-0.05, 0) is 6.42 Å². The van der Waals surface area contributed by atoms with Crippen LogP contribution < -0.4 is 5.73 Å². The van der Waals surface area contributed by atoms with Crippen molar-refractivity contribution in [2.45, 2.75) is 19.4 Å². The molecular formula is C7H10N2O2S. The molecule has 12 heavy (non-hydrogen) atoms. The second kappa shape index (κ2) is 3.64. The van der Waals surface area contributed by atoms with E-state index in [1.54, 1.807) is 0 Å². The summed E-state index contributed by atoms with van der Waals surface area (Å²) >= 11 is 1.29. The minimum absolute atomic E-state index is 0.0823. The quantitative estimate of drug-likeness (QED) is 0.744. The third-order valence-electron chi connectivity index (χ3n) is 1.50. The zero-order valence-electron chi connectivity index (χ0n) is 6.65. The number of carbonyl (C=O) groups is 1. The maximum Gasteiger partial charge on any atom is 0.355 e. The molecule has 0 aromatic carbocycles. The summed E-state index contributed by atoms with van der Waals surface area (Å²) in [5, 5.41) is 10.8. The Kier molecular flexibility index (Phi) is 2.78. The number of thiazole rings is 1. The number of carboxylic acids is 1. The van der Waals surface area contributed by atoms with Crippen LogP contribution in [0.15, 0.2) is 5.38 Å². The van der Waals surface area contributed by atoms with Gasteiger partial charge in [-0.1, -0.05) is 6.92 Å². The van der Waals surface area contributed by atoms with Crippen LogP contribution in [0.25, 0.3) is 0 Å². The molecule has 66 valence electrons. The molecule has 0 radical (unpaired) electrons. The van der Waals surface area contributed by atoms with Gasteiger partial charge in [0.25, 0.3) is 0 Å². The summed E-state index contributed by atoms with van der Waals surface area (Å²) in [5.74, 6) is -0.999. The molecule has 1 aromatic heterocycles. The van der Waals surface area contributed by atoms with Gasteiger partial charge in [-0.15, -0.1) is 11.3 Å². The van der Waals surface area contributed by atoms with Gasteiger partial charge in [0.2, 0.25) is 0 Å². The van der Waals surface area contributed by atoms with Gasteiger partial charge in [-0.25, -0.2) is 9.78 Å². The fourth-order valence-corrected chi connectivity index (χ4v) is 1.61. The highest BCUT2D eigenvalue weighted by Gasteiger charge is 2.12. The molecule has 0 bridgehead atoms. The Labute approximate surface area is 74.0 Å². The van der Waals surface area contributed by atoms with E-state index in [1.165, 1.54) is 16.7 Å². The lowest BCUT2D eigenvalue weighted by Gasteiger charge is -2.01. The fourth-order valence-electron chi connectivity index (χ4n) is 0.731. The molecule has 0 fully saturated rings. The van der Waals surface area contributed by atoms with E-state index in [1.807, 2.05) is 6.92 Å². The molecule has 1 heterocycles. The Morgan fingerprint density at radius 2 is 2.58 bits per heavy atom. The van der Waals surface area contributed by atoms with Gasteiger partial charge in [0.15, 0.2) is 5.69 Å².